The van der Waals surface area contributed by atoms with Crippen molar-refractivity contribution >= 4 is 17.5 Å². The van der Waals surface area contributed by atoms with Crippen molar-refractivity contribution in [1.29, 1.82) is 0 Å². The summed E-state index contributed by atoms with van der Waals surface area (Å²) in [5.74, 6) is 0.188. The number of hydrogen-bond acceptors (Lipinski definition) is 2. The topological polar surface area (TPSA) is 49.3 Å². The molecule has 0 aromatic heterocycles. The van der Waals surface area contributed by atoms with Gasteiger partial charge in [0.2, 0.25) is 0 Å². The Morgan fingerprint density at radius 2 is 2.11 bits per heavy atom. The minimum Gasteiger partial charge on any atom is -0.388 e. The zero-order valence-electron chi connectivity index (χ0n) is 12.0. The van der Waals surface area contributed by atoms with Gasteiger partial charge in [-0.15, -0.1) is 0 Å². The number of aliphatic hydroxyl groups is 1. The summed E-state index contributed by atoms with van der Waals surface area (Å²) in [4.78, 5) is 12.0. The predicted octanol–water partition coefficient (Wildman–Crippen LogP) is 3.18. The SMILES string of the molecule is Cc1cc(C(=O)NCC(C)(O)CC(C)C)ccc1Cl. The molecule has 4 heteroatoms. The first-order valence-electron chi connectivity index (χ1n) is 6.48. The van der Waals surface area contributed by atoms with Crippen LogP contribution in [0.25, 0.3) is 0 Å². The number of benzene rings is 1. The number of rotatable bonds is 5. The molecule has 0 fully saturated rings. The normalized spacial score (nSPS) is 14.3. The molecule has 0 aliphatic carbocycles. The van der Waals surface area contributed by atoms with Gasteiger partial charge in [0.05, 0.1) is 5.60 Å². The number of nitrogens with one attached hydrogen (secondary N) is 1. The fourth-order valence-electron chi connectivity index (χ4n) is 2.11. The van der Waals surface area contributed by atoms with E-state index in [9.17, 15) is 9.90 Å². The van der Waals surface area contributed by atoms with E-state index in [1.54, 1.807) is 25.1 Å². The maximum Gasteiger partial charge on any atom is 0.251 e. The standard InChI is InChI=1S/C15H22ClNO2/c1-10(2)8-15(4,19)9-17-14(18)12-5-6-13(16)11(3)7-12/h5-7,10,19H,8-9H2,1-4H3,(H,17,18). The number of halogens is 1. The molecule has 0 saturated heterocycles. The van der Waals surface area contributed by atoms with Gasteiger partial charge < -0.3 is 10.4 Å². The molecule has 1 unspecified atom stereocenters. The van der Waals surface area contributed by atoms with E-state index in [1.165, 1.54) is 0 Å². The van der Waals surface area contributed by atoms with Gasteiger partial charge in [0.1, 0.15) is 0 Å². The van der Waals surface area contributed by atoms with Crippen molar-refractivity contribution in [2.45, 2.75) is 39.7 Å². The zero-order valence-corrected chi connectivity index (χ0v) is 12.7. The van der Waals surface area contributed by atoms with E-state index in [0.717, 1.165) is 5.56 Å². The molecule has 1 rings (SSSR count). The van der Waals surface area contributed by atoms with Crippen molar-refractivity contribution in [3.05, 3.63) is 34.3 Å². The Hall–Kier alpha value is -1.06. The monoisotopic (exact) mass is 283 g/mol. The molecule has 0 radical (unpaired) electrons. The summed E-state index contributed by atoms with van der Waals surface area (Å²) >= 11 is 5.92. The average molecular weight is 284 g/mol. The van der Waals surface area contributed by atoms with Gasteiger partial charge >= 0.3 is 0 Å². The van der Waals surface area contributed by atoms with E-state index >= 15 is 0 Å². The summed E-state index contributed by atoms with van der Waals surface area (Å²) < 4.78 is 0. The lowest BCUT2D eigenvalue weighted by Crippen LogP contribution is -2.41. The molecular formula is C15H22ClNO2. The fourth-order valence-corrected chi connectivity index (χ4v) is 2.23. The van der Waals surface area contributed by atoms with Crippen LogP contribution in [-0.2, 0) is 0 Å². The molecule has 0 spiro atoms. The van der Waals surface area contributed by atoms with Crippen LogP contribution >= 0.6 is 11.6 Å². The molecule has 2 N–H and O–H groups in total. The van der Waals surface area contributed by atoms with Crippen LogP contribution in [0.1, 0.15) is 43.1 Å². The minimum atomic E-state index is -0.884. The summed E-state index contributed by atoms with van der Waals surface area (Å²) in [6.07, 6.45) is 0.646. The van der Waals surface area contributed by atoms with Gasteiger partial charge in [0.25, 0.3) is 5.91 Å². The van der Waals surface area contributed by atoms with Gasteiger partial charge in [-0.2, -0.15) is 0 Å². The third-order valence-electron chi connectivity index (χ3n) is 2.90. The summed E-state index contributed by atoms with van der Waals surface area (Å²) in [6.45, 7) is 7.91. The highest BCUT2D eigenvalue weighted by molar-refractivity contribution is 6.31. The van der Waals surface area contributed by atoms with E-state index in [2.05, 4.69) is 5.32 Å². The van der Waals surface area contributed by atoms with Gasteiger partial charge in [0.15, 0.2) is 0 Å². The summed E-state index contributed by atoms with van der Waals surface area (Å²) in [5, 5.41) is 13.5. The summed E-state index contributed by atoms with van der Waals surface area (Å²) in [7, 11) is 0. The second-order valence-corrected chi connectivity index (χ2v) is 6.15. The lowest BCUT2D eigenvalue weighted by Gasteiger charge is -2.25. The molecule has 106 valence electrons. The second kappa shape index (κ2) is 6.40. The van der Waals surface area contributed by atoms with Crippen LogP contribution in [0, 0.1) is 12.8 Å². The van der Waals surface area contributed by atoms with Crippen LogP contribution in [0.3, 0.4) is 0 Å². The highest BCUT2D eigenvalue weighted by atomic mass is 35.5. The largest absolute Gasteiger partial charge is 0.388 e. The smallest absolute Gasteiger partial charge is 0.251 e. The molecule has 1 aromatic carbocycles. The highest BCUT2D eigenvalue weighted by Gasteiger charge is 2.22. The van der Waals surface area contributed by atoms with Crippen molar-refractivity contribution in [3.63, 3.8) is 0 Å². The van der Waals surface area contributed by atoms with Crippen molar-refractivity contribution in [2.75, 3.05) is 6.54 Å². The van der Waals surface area contributed by atoms with Crippen LogP contribution in [0.15, 0.2) is 18.2 Å². The Kier molecular flexibility index (Phi) is 5.39. The molecule has 19 heavy (non-hydrogen) atoms. The van der Waals surface area contributed by atoms with E-state index in [0.29, 0.717) is 22.9 Å². The maximum absolute atomic E-state index is 12.0. The predicted molar refractivity (Wildman–Crippen MR) is 78.6 cm³/mol. The maximum atomic E-state index is 12.0. The molecule has 0 aliphatic heterocycles. The van der Waals surface area contributed by atoms with Gasteiger partial charge in [-0.1, -0.05) is 25.4 Å². The summed E-state index contributed by atoms with van der Waals surface area (Å²) in [5.41, 5.74) is 0.538. The van der Waals surface area contributed by atoms with Crippen LogP contribution in [0.4, 0.5) is 0 Å². The molecule has 3 nitrogen and oxygen atoms in total. The molecular weight excluding hydrogens is 262 g/mol. The number of hydrogen-bond donors (Lipinski definition) is 2. The second-order valence-electron chi connectivity index (χ2n) is 5.74. The Morgan fingerprint density at radius 1 is 1.47 bits per heavy atom. The van der Waals surface area contributed by atoms with Crippen molar-refractivity contribution in [1.82, 2.24) is 5.32 Å². The first-order chi connectivity index (χ1) is 8.71. The molecule has 1 amide bonds. The van der Waals surface area contributed by atoms with E-state index in [1.807, 2.05) is 20.8 Å². The average Bonchev–Trinajstić information content (AvgIpc) is 2.28. The van der Waals surface area contributed by atoms with Crippen molar-refractivity contribution in [2.24, 2.45) is 5.92 Å². The molecule has 1 aromatic rings. The Labute approximate surface area is 120 Å². The fraction of sp³-hybridized carbons (Fsp3) is 0.533. The lowest BCUT2D eigenvalue weighted by atomic mass is 9.94. The lowest BCUT2D eigenvalue weighted by molar-refractivity contribution is 0.0368. The number of carbonyl (C=O) groups excluding carboxylic acids is 1. The quantitative estimate of drug-likeness (QED) is 0.872. The first-order valence-corrected chi connectivity index (χ1v) is 6.86. The Bertz CT molecular complexity index is 455. The minimum absolute atomic E-state index is 0.191. The van der Waals surface area contributed by atoms with Gasteiger partial charge in [-0.05, 0) is 49.9 Å². The molecule has 0 aliphatic rings. The molecule has 0 bridgehead atoms. The van der Waals surface area contributed by atoms with Gasteiger partial charge in [0, 0.05) is 17.1 Å². The first kappa shape index (κ1) is 16.0. The summed E-state index contributed by atoms with van der Waals surface area (Å²) in [6, 6.07) is 5.13. The van der Waals surface area contributed by atoms with Crippen LogP contribution in [-0.4, -0.2) is 23.2 Å². The molecule has 1 atom stereocenters. The van der Waals surface area contributed by atoms with Crippen LogP contribution in [0.2, 0.25) is 5.02 Å². The van der Waals surface area contributed by atoms with E-state index < -0.39 is 5.60 Å². The van der Waals surface area contributed by atoms with Crippen molar-refractivity contribution < 1.29 is 9.90 Å². The molecule has 0 saturated carbocycles. The van der Waals surface area contributed by atoms with Crippen LogP contribution in [0.5, 0.6) is 0 Å². The number of carbonyl (C=O) groups is 1. The Balaban J connectivity index is 2.62. The number of amides is 1. The van der Waals surface area contributed by atoms with Gasteiger partial charge in [-0.25, -0.2) is 0 Å². The third-order valence-corrected chi connectivity index (χ3v) is 3.32. The highest BCUT2D eigenvalue weighted by Crippen LogP contribution is 2.17. The van der Waals surface area contributed by atoms with Crippen LogP contribution < -0.4 is 5.32 Å². The zero-order chi connectivity index (χ0) is 14.6. The van der Waals surface area contributed by atoms with Crippen molar-refractivity contribution in [3.8, 4) is 0 Å². The van der Waals surface area contributed by atoms with Gasteiger partial charge in [-0.3, -0.25) is 4.79 Å². The molecule has 0 heterocycles. The van der Waals surface area contributed by atoms with E-state index in [4.69, 9.17) is 11.6 Å². The third kappa shape index (κ3) is 5.21. The van der Waals surface area contributed by atoms with E-state index in [-0.39, 0.29) is 12.5 Å². The Morgan fingerprint density at radius 3 is 2.63 bits per heavy atom. The number of aryl methyl sites for hydroxylation is 1.